The monoisotopic (exact) mass is 780 g/mol. The van der Waals surface area contributed by atoms with Crippen LogP contribution >= 0.6 is 7.82 Å². The zero-order valence-electron chi connectivity index (χ0n) is 34.9. The SMILES string of the molecule is CC/C=C\C/C=C\C/C=C\C/C=C\C/C=C\CCCCCC(=O)O[C@H](COC(=O)CCCCCCCCCCCCC)COP(=O)([O-])OCC[N+](C)(C)C. The molecule has 0 saturated heterocycles. The number of quaternary nitrogens is 1. The number of rotatable bonds is 37. The smallest absolute Gasteiger partial charge is 0.306 e. The Balaban J connectivity index is 4.45. The van der Waals surface area contributed by atoms with Gasteiger partial charge in [-0.3, -0.25) is 14.2 Å². The highest BCUT2D eigenvalue weighted by Gasteiger charge is 2.21. The predicted molar refractivity (Wildman–Crippen MR) is 222 cm³/mol. The first-order valence-corrected chi connectivity index (χ1v) is 22.5. The van der Waals surface area contributed by atoms with Crippen molar-refractivity contribution in [1.82, 2.24) is 0 Å². The Labute approximate surface area is 330 Å². The van der Waals surface area contributed by atoms with Crippen LogP contribution in [0.5, 0.6) is 0 Å². The van der Waals surface area contributed by atoms with Crippen LogP contribution in [-0.4, -0.2) is 70.0 Å². The van der Waals surface area contributed by atoms with Crippen molar-refractivity contribution in [1.29, 1.82) is 0 Å². The van der Waals surface area contributed by atoms with Crippen LogP contribution < -0.4 is 4.89 Å². The highest BCUT2D eigenvalue weighted by Crippen LogP contribution is 2.38. The van der Waals surface area contributed by atoms with E-state index in [9.17, 15) is 19.0 Å². The summed E-state index contributed by atoms with van der Waals surface area (Å²) in [5, 5.41) is 0. The molecule has 10 heteroatoms. The summed E-state index contributed by atoms with van der Waals surface area (Å²) in [6.45, 7) is 4.05. The molecule has 312 valence electrons. The summed E-state index contributed by atoms with van der Waals surface area (Å²) < 4.78 is 33.8. The Bertz CT molecular complexity index is 1110. The largest absolute Gasteiger partial charge is 0.756 e. The molecule has 0 aromatic heterocycles. The number of hydrogen-bond acceptors (Lipinski definition) is 8. The summed E-state index contributed by atoms with van der Waals surface area (Å²) in [6.07, 6.45) is 42.5. The Hall–Kier alpha value is -2.29. The number of carbonyl (C=O) groups excluding carboxylic acids is 2. The lowest BCUT2D eigenvalue weighted by atomic mass is 10.1. The number of carbonyl (C=O) groups is 2. The molecule has 1 unspecified atom stereocenters. The summed E-state index contributed by atoms with van der Waals surface area (Å²) >= 11 is 0. The van der Waals surface area contributed by atoms with E-state index in [0.29, 0.717) is 17.4 Å². The van der Waals surface area contributed by atoms with E-state index in [1.165, 1.54) is 51.4 Å². The number of likely N-dealkylation sites (N-methyl/N-ethyl adjacent to an activating group) is 1. The number of hydrogen-bond donors (Lipinski definition) is 0. The van der Waals surface area contributed by atoms with Gasteiger partial charge in [-0.15, -0.1) is 0 Å². The molecule has 0 N–H and O–H groups in total. The second-order valence-electron chi connectivity index (χ2n) is 15.0. The molecule has 0 aliphatic carbocycles. The molecule has 0 fully saturated rings. The number of esters is 2. The normalized spacial score (nSPS) is 14.3. The second-order valence-corrected chi connectivity index (χ2v) is 16.4. The number of ether oxygens (including phenoxy) is 2. The standard InChI is InChI=1S/C44H78NO8P/c1-6-8-10-12-14-16-18-19-20-21-22-23-24-25-27-29-31-33-35-37-44(47)53-42(41-52-54(48,49)51-39-38-45(3,4)5)40-50-43(46)36-34-32-30-28-26-17-15-13-11-9-7-2/h8,10,14,16,19-20,22-23,25,27,42H,6-7,9,11-13,15,17-18,21,24,26,28-41H2,1-5H3/b10-8-,16-14-,20-19-,23-22-,27-25-/t42-/m1/s1. The van der Waals surface area contributed by atoms with Crippen LogP contribution in [0, 0.1) is 0 Å². The number of phosphoric ester groups is 1. The summed E-state index contributed by atoms with van der Waals surface area (Å²) in [6, 6.07) is 0. The summed E-state index contributed by atoms with van der Waals surface area (Å²) in [4.78, 5) is 37.4. The van der Waals surface area contributed by atoms with Crippen molar-refractivity contribution in [2.24, 2.45) is 0 Å². The van der Waals surface area contributed by atoms with E-state index in [1.54, 1.807) is 0 Å². The van der Waals surface area contributed by atoms with Gasteiger partial charge in [0.15, 0.2) is 6.10 Å². The molecule has 0 spiro atoms. The number of unbranched alkanes of at least 4 members (excludes halogenated alkanes) is 13. The van der Waals surface area contributed by atoms with Crippen molar-refractivity contribution in [3.05, 3.63) is 60.8 Å². The first-order valence-electron chi connectivity index (χ1n) is 21.0. The molecular formula is C44H78NO8P. The van der Waals surface area contributed by atoms with Gasteiger partial charge in [0.2, 0.25) is 0 Å². The molecule has 0 bridgehead atoms. The van der Waals surface area contributed by atoms with Crippen molar-refractivity contribution in [2.75, 3.05) is 47.5 Å². The Morgan fingerprint density at radius 2 is 1.06 bits per heavy atom. The van der Waals surface area contributed by atoms with Gasteiger partial charge in [0.05, 0.1) is 27.7 Å². The Morgan fingerprint density at radius 3 is 1.57 bits per heavy atom. The number of allylic oxidation sites excluding steroid dienone is 10. The Morgan fingerprint density at radius 1 is 0.593 bits per heavy atom. The molecule has 0 aromatic carbocycles. The molecule has 0 radical (unpaired) electrons. The van der Waals surface area contributed by atoms with E-state index < -0.39 is 32.5 Å². The van der Waals surface area contributed by atoms with Crippen LogP contribution in [0.25, 0.3) is 0 Å². The molecule has 0 aliphatic heterocycles. The lowest BCUT2D eigenvalue weighted by Crippen LogP contribution is -2.37. The van der Waals surface area contributed by atoms with Crippen molar-refractivity contribution >= 4 is 19.8 Å². The molecule has 0 rings (SSSR count). The molecule has 9 nitrogen and oxygen atoms in total. The van der Waals surface area contributed by atoms with Crippen molar-refractivity contribution in [2.45, 2.75) is 161 Å². The van der Waals surface area contributed by atoms with Gasteiger partial charge in [-0.2, -0.15) is 0 Å². The topological polar surface area (TPSA) is 111 Å². The van der Waals surface area contributed by atoms with E-state index in [2.05, 4.69) is 74.6 Å². The van der Waals surface area contributed by atoms with Crippen molar-refractivity contribution < 1.29 is 42.1 Å². The quantitative estimate of drug-likeness (QED) is 0.0201. The minimum Gasteiger partial charge on any atom is -0.756 e. The van der Waals surface area contributed by atoms with Gasteiger partial charge in [-0.05, 0) is 57.8 Å². The average Bonchev–Trinajstić information content (AvgIpc) is 3.12. The summed E-state index contributed by atoms with van der Waals surface area (Å²) in [5.41, 5.74) is 0. The van der Waals surface area contributed by atoms with Crippen molar-refractivity contribution in [3.63, 3.8) is 0 Å². The first kappa shape index (κ1) is 51.7. The average molecular weight is 780 g/mol. The van der Waals surface area contributed by atoms with Gasteiger partial charge >= 0.3 is 11.9 Å². The summed E-state index contributed by atoms with van der Waals surface area (Å²) in [7, 11) is 1.13. The molecular weight excluding hydrogens is 701 g/mol. The third kappa shape index (κ3) is 39.4. The lowest BCUT2D eigenvalue weighted by molar-refractivity contribution is -0.870. The van der Waals surface area contributed by atoms with Crippen LogP contribution in [0.4, 0.5) is 0 Å². The van der Waals surface area contributed by atoms with Gasteiger partial charge in [-0.1, -0.05) is 145 Å². The highest BCUT2D eigenvalue weighted by molar-refractivity contribution is 7.45. The molecule has 0 aromatic rings. The van der Waals surface area contributed by atoms with Gasteiger partial charge < -0.3 is 27.9 Å². The van der Waals surface area contributed by atoms with Crippen LogP contribution in [0.3, 0.4) is 0 Å². The minimum atomic E-state index is -4.63. The van der Waals surface area contributed by atoms with E-state index >= 15 is 0 Å². The van der Waals surface area contributed by atoms with Gasteiger partial charge in [0, 0.05) is 12.8 Å². The molecule has 2 atom stereocenters. The van der Waals surface area contributed by atoms with E-state index in [4.69, 9.17) is 18.5 Å². The van der Waals surface area contributed by atoms with E-state index in [0.717, 1.165) is 70.6 Å². The third-order valence-corrected chi connectivity index (χ3v) is 9.52. The number of nitrogens with zero attached hydrogens (tertiary/aromatic N) is 1. The maximum Gasteiger partial charge on any atom is 0.306 e. The zero-order valence-corrected chi connectivity index (χ0v) is 35.8. The minimum absolute atomic E-state index is 0.0394. The molecule has 0 amide bonds. The fourth-order valence-corrected chi connectivity index (χ4v) is 6.00. The first-order chi connectivity index (χ1) is 26.0. The predicted octanol–water partition coefficient (Wildman–Crippen LogP) is 11.1. The van der Waals surface area contributed by atoms with Crippen LogP contribution in [-0.2, 0) is 32.7 Å². The van der Waals surface area contributed by atoms with Gasteiger partial charge in [0.25, 0.3) is 7.82 Å². The van der Waals surface area contributed by atoms with E-state index in [1.807, 2.05) is 21.1 Å². The van der Waals surface area contributed by atoms with Crippen molar-refractivity contribution in [3.8, 4) is 0 Å². The number of phosphoric acid groups is 1. The van der Waals surface area contributed by atoms with E-state index in [-0.39, 0.29) is 26.1 Å². The molecule has 54 heavy (non-hydrogen) atoms. The maximum absolute atomic E-state index is 12.6. The van der Waals surface area contributed by atoms with Crippen LogP contribution in [0.1, 0.15) is 155 Å². The fraction of sp³-hybridized carbons (Fsp3) is 0.727. The van der Waals surface area contributed by atoms with Crippen LogP contribution in [0.2, 0.25) is 0 Å². The highest BCUT2D eigenvalue weighted by atomic mass is 31.2. The fourth-order valence-electron chi connectivity index (χ4n) is 5.27. The molecule has 0 heterocycles. The van der Waals surface area contributed by atoms with Gasteiger partial charge in [-0.25, -0.2) is 0 Å². The lowest BCUT2D eigenvalue weighted by Gasteiger charge is -2.28. The summed E-state index contributed by atoms with van der Waals surface area (Å²) in [5.74, 6) is -0.877. The molecule has 0 saturated carbocycles. The third-order valence-electron chi connectivity index (χ3n) is 8.55. The zero-order chi connectivity index (χ0) is 40.0. The molecule has 0 aliphatic rings. The van der Waals surface area contributed by atoms with Gasteiger partial charge in [0.1, 0.15) is 19.8 Å². The Kier molecular flexibility index (Phi) is 34.8. The van der Waals surface area contributed by atoms with Crippen LogP contribution in [0.15, 0.2) is 60.8 Å². The second kappa shape index (κ2) is 36.4. The maximum atomic E-state index is 12.6.